The van der Waals surface area contributed by atoms with Gasteiger partial charge in [0.2, 0.25) is 11.8 Å². The molecule has 5 nitrogen and oxygen atoms in total. The molecule has 1 fully saturated rings. The fraction of sp³-hybridized carbons (Fsp3) is 0.375. The van der Waals surface area contributed by atoms with Crippen molar-refractivity contribution in [3.8, 4) is 0 Å². The molecule has 0 radical (unpaired) electrons. The molecule has 1 aromatic heterocycles. The number of amides is 2. The van der Waals surface area contributed by atoms with Crippen molar-refractivity contribution in [2.45, 2.75) is 25.8 Å². The maximum Gasteiger partial charge on any atom is 0.225 e. The zero-order chi connectivity index (χ0) is 14.8. The summed E-state index contributed by atoms with van der Waals surface area (Å²) < 4.78 is 5.75. The first-order valence-electron chi connectivity index (χ1n) is 7.19. The minimum Gasteiger partial charge on any atom is -0.459 e. The standard InChI is InChI=1S/C16H18N2O3/c1-10(14-8-11-4-2-3-5-13(11)21-14)18-16(20)12-6-7-15(19)17-9-12/h2-5,8,10,12H,6-7,9H2,1H3,(H,17,19)(H,18,20). The van der Waals surface area contributed by atoms with Crippen molar-refractivity contribution in [3.05, 3.63) is 36.1 Å². The molecule has 1 aliphatic heterocycles. The van der Waals surface area contributed by atoms with Crippen molar-refractivity contribution in [2.75, 3.05) is 6.54 Å². The van der Waals surface area contributed by atoms with Crippen LogP contribution in [0.15, 0.2) is 34.7 Å². The monoisotopic (exact) mass is 286 g/mol. The molecular formula is C16H18N2O3. The molecule has 2 heterocycles. The summed E-state index contributed by atoms with van der Waals surface area (Å²) in [5.41, 5.74) is 0.818. The Kier molecular flexibility index (Phi) is 3.64. The van der Waals surface area contributed by atoms with Gasteiger partial charge in [0.25, 0.3) is 0 Å². The number of benzene rings is 1. The van der Waals surface area contributed by atoms with Gasteiger partial charge in [-0.2, -0.15) is 0 Å². The van der Waals surface area contributed by atoms with Crippen LogP contribution in [0.2, 0.25) is 0 Å². The zero-order valence-corrected chi connectivity index (χ0v) is 11.9. The quantitative estimate of drug-likeness (QED) is 0.908. The Morgan fingerprint density at radius 3 is 2.95 bits per heavy atom. The van der Waals surface area contributed by atoms with E-state index in [-0.39, 0.29) is 23.8 Å². The normalized spacial score (nSPS) is 20.0. The minimum absolute atomic E-state index is 0.0179. The van der Waals surface area contributed by atoms with Crippen molar-refractivity contribution in [1.29, 1.82) is 0 Å². The maximum atomic E-state index is 12.2. The average Bonchev–Trinajstić information content (AvgIpc) is 2.92. The molecule has 0 spiro atoms. The van der Waals surface area contributed by atoms with Crippen molar-refractivity contribution < 1.29 is 14.0 Å². The zero-order valence-electron chi connectivity index (χ0n) is 11.9. The Hall–Kier alpha value is -2.30. The average molecular weight is 286 g/mol. The van der Waals surface area contributed by atoms with Gasteiger partial charge in [-0.3, -0.25) is 9.59 Å². The van der Waals surface area contributed by atoms with E-state index in [2.05, 4.69) is 10.6 Å². The third-order valence-electron chi connectivity index (χ3n) is 3.87. The second kappa shape index (κ2) is 5.60. The summed E-state index contributed by atoms with van der Waals surface area (Å²) in [7, 11) is 0. The molecule has 21 heavy (non-hydrogen) atoms. The topological polar surface area (TPSA) is 71.3 Å². The second-order valence-corrected chi connectivity index (χ2v) is 5.46. The highest BCUT2D eigenvalue weighted by molar-refractivity contribution is 5.84. The molecule has 2 unspecified atom stereocenters. The number of para-hydroxylation sites is 1. The molecule has 2 amide bonds. The van der Waals surface area contributed by atoms with Crippen LogP contribution in [0.25, 0.3) is 11.0 Å². The van der Waals surface area contributed by atoms with Gasteiger partial charge in [-0.05, 0) is 25.5 Å². The molecule has 1 aromatic carbocycles. The van der Waals surface area contributed by atoms with E-state index in [9.17, 15) is 9.59 Å². The summed E-state index contributed by atoms with van der Waals surface area (Å²) in [6.45, 7) is 2.31. The summed E-state index contributed by atoms with van der Waals surface area (Å²) in [5.74, 6) is 0.561. The summed E-state index contributed by atoms with van der Waals surface area (Å²) in [4.78, 5) is 23.3. The van der Waals surface area contributed by atoms with Crippen molar-refractivity contribution in [1.82, 2.24) is 10.6 Å². The Morgan fingerprint density at radius 2 is 2.24 bits per heavy atom. The highest BCUT2D eigenvalue weighted by Crippen LogP contribution is 2.24. The number of furan rings is 1. The van der Waals surface area contributed by atoms with Crippen LogP contribution >= 0.6 is 0 Å². The highest BCUT2D eigenvalue weighted by Gasteiger charge is 2.26. The van der Waals surface area contributed by atoms with Gasteiger partial charge in [-0.15, -0.1) is 0 Å². The van der Waals surface area contributed by atoms with Gasteiger partial charge in [-0.1, -0.05) is 18.2 Å². The predicted octanol–water partition coefficient (Wildman–Crippen LogP) is 2.14. The molecule has 1 aliphatic rings. The van der Waals surface area contributed by atoms with Gasteiger partial charge >= 0.3 is 0 Å². The molecule has 0 bridgehead atoms. The fourth-order valence-electron chi connectivity index (χ4n) is 2.57. The van der Waals surface area contributed by atoms with Gasteiger partial charge in [0.15, 0.2) is 0 Å². The van der Waals surface area contributed by atoms with Crippen LogP contribution in [0.3, 0.4) is 0 Å². The minimum atomic E-state index is -0.192. The fourth-order valence-corrected chi connectivity index (χ4v) is 2.57. The number of fused-ring (bicyclic) bond motifs is 1. The lowest BCUT2D eigenvalue weighted by Gasteiger charge is -2.23. The number of carbonyl (C=O) groups excluding carboxylic acids is 2. The van der Waals surface area contributed by atoms with Crippen LogP contribution in [0, 0.1) is 5.92 Å². The Labute approximate surface area is 122 Å². The van der Waals surface area contributed by atoms with Crippen molar-refractivity contribution >= 4 is 22.8 Å². The van der Waals surface area contributed by atoms with E-state index in [1.165, 1.54) is 0 Å². The van der Waals surface area contributed by atoms with Crippen LogP contribution in [-0.4, -0.2) is 18.4 Å². The Morgan fingerprint density at radius 1 is 1.43 bits per heavy atom. The summed E-state index contributed by atoms with van der Waals surface area (Å²) >= 11 is 0. The van der Waals surface area contributed by atoms with Crippen LogP contribution in [-0.2, 0) is 9.59 Å². The van der Waals surface area contributed by atoms with E-state index in [0.29, 0.717) is 19.4 Å². The van der Waals surface area contributed by atoms with Gasteiger partial charge in [0.05, 0.1) is 12.0 Å². The number of rotatable bonds is 3. The third kappa shape index (κ3) is 2.91. The molecular weight excluding hydrogens is 268 g/mol. The summed E-state index contributed by atoms with van der Waals surface area (Å²) in [5, 5.41) is 6.71. The van der Waals surface area contributed by atoms with Crippen LogP contribution < -0.4 is 10.6 Å². The molecule has 1 saturated heterocycles. The number of hydrogen-bond donors (Lipinski definition) is 2. The molecule has 5 heteroatoms. The molecule has 3 rings (SSSR count). The van der Waals surface area contributed by atoms with Crippen LogP contribution in [0.4, 0.5) is 0 Å². The first kappa shape index (κ1) is 13.7. The third-order valence-corrected chi connectivity index (χ3v) is 3.87. The van der Waals surface area contributed by atoms with Gasteiger partial charge in [0, 0.05) is 18.4 Å². The lowest BCUT2D eigenvalue weighted by Crippen LogP contribution is -2.43. The molecule has 0 aliphatic carbocycles. The summed E-state index contributed by atoms with van der Waals surface area (Å²) in [6, 6.07) is 9.52. The van der Waals surface area contributed by atoms with E-state index in [1.54, 1.807) is 0 Å². The number of nitrogens with one attached hydrogen (secondary N) is 2. The largest absolute Gasteiger partial charge is 0.459 e. The van der Waals surface area contributed by atoms with Crippen molar-refractivity contribution in [3.63, 3.8) is 0 Å². The lowest BCUT2D eigenvalue weighted by molar-refractivity contribution is -0.129. The van der Waals surface area contributed by atoms with E-state index >= 15 is 0 Å². The van der Waals surface area contributed by atoms with Gasteiger partial charge in [0.1, 0.15) is 11.3 Å². The Bertz CT molecular complexity index is 634. The van der Waals surface area contributed by atoms with E-state index in [0.717, 1.165) is 16.7 Å². The number of carbonyl (C=O) groups is 2. The van der Waals surface area contributed by atoms with Crippen LogP contribution in [0.1, 0.15) is 31.6 Å². The smallest absolute Gasteiger partial charge is 0.225 e. The SMILES string of the molecule is CC(NC(=O)C1CCC(=O)NC1)c1cc2ccccc2o1. The van der Waals surface area contributed by atoms with E-state index < -0.39 is 0 Å². The summed E-state index contributed by atoms with van der Waals surface area (Å²) in [6.07, 6.45) is 1.02. The molecule has 2 aromatic rings. The highest BCUT2D eigenvalue weighted by atomic mass is 16.3. The molecule has 2 atom stereocenters. The van der Waals surface area contributed by atoms with Crippen LogP contribution in [0.5, 0.6) is 0 Å². The maximum absolute atomic E-state index is 12.2. The molecule has 2 N–H and O–H groups in total. The molecule has 110 valence electrons. The first-order valence-corrected chi connectivity index (χ1v) is 7.19. The van der Waals surface area contributed by atoms with Gasteiger partial charge < -0.3 is 15.1 Å². The predicted molar refractivity (Wildman–Crippen MR) is 78.5 cm³/mol. The van der Waals surface area contributed by atoms with Crippen molar-refractivity contribution in [2.24, 2.45) is 5.92 Å². The van der Waals surface area contributed by atoms with E-state index in [1.807, 2.05) is 37.3 Å². The number of hydrogen-bond acceptors (Lipinski definition) is 3. The second-order valence-electron chi connectivity index (χ2n) is 5.46. The molecule has 0 saturated carbocycles. The number of piperidine rings is 1. The first-order chi connectivity index (χ1) is 10.1. The lowest BCUT2D eigenvalue weighted by atomic mass is 9.98. The van der Waals surface area contributed by atoms with Gasteiger partial charge in [-0.25, -0.2) is 0 Å². The van der Waals surface area contributed by atoms with E-state index in [4.69, 9.17) is 4.42 Å². The Balaban J connectivity index is 1.66.